The van der Waals surface area contributed by atoms with Gasteiger partial charge in [0.2, 0.25) is 0 Å². The molecule has 9 heteroatoms. The molecule has 1 amide bonds. The molecule has 9 nitrogen and oxygen atoms in total. The van der Waals surface area contributed by atoms with Crippen molar-refractivity contribution >= 4 is 11.7 Å². The predicted molar refractivity (Wildman–Crippen MR) is 91.4 cm³/mol. The number of aryl methyl sites for hydroxylation is 1. The van der Waals surface area contributed by atoms with Crippen molar-refractivity contribution in [3.05, 3.63) is 21.7 Å². The van der Waals surface area contributed by atoms with Crippen LogP contribution in [-0.2, 0) is 0 Å². The molecule has 1 aliphatic heterocycles. The molecule has 0 unspecified atom stereocenters. The number of carbonyl (C=O) groups is 1. The number of anilines is 1. The molecule has 2 rings (SSSR count). The van der Waals surface area contributed by atoms with Crippen molar-refractivity contribution in [3.63, 3.8) is 0 Å². The molecule has 1 saturated heterocycles. The maximum absolute atomic E-state index is 12.9. The van der Waals surface area contributed by atoms with Crippen molar-refractivity contribution in [2.24, 2.45) is 0 Å². The van der Waals surface area contributed by atoms with Gasteiger partial charge >= 0.3 is 5.69 Å². The Hall–Kier alpha value is -1.97. The third kappa shape index (κ3) is 4.76. The highest BCUT2D eigenvalue weighted by atomic mass is 16.3. The molecule has 2 heterocycles. The van der Waals surface area contributed by atoms with Crippen molar-refractivity contribution in [2.45, 2.75) is 6.92 Å². The summed E-state index contributed by atoms with van der Waals surface area (Å²) < 4.78 is 0. The van der Waals surface area contributed by atoms with Crippen LogP contribution in [-0.4, -0.2) is 90.2 Å². The molecule has 0 radical (unpaired) electrons. The molecule has 134 valence electrons. The third-order valence-electron chi connectivity index (χ3n) is 4.01. The van der Waals surface area contributed by atoms with E-state index in [2.05, 4.69) is 25.5 Å². The molecule has 0 bridgehead atoms. The Bertz CT molecular complexity index is 610. The topological polar surface area (TPSA) is 114 Å². The minimum atomic E-state index is -0.478. The summed E-state index contributed by atoms with van der Waals surface area (Å²) in [7, 11) is 2.03. The number of aliphatic hydroxyl groups is 1. The molecule has 4 N–H and O–H groups in total. The minimum absolute atomic E-state index is 0.0650. The second kappa shape index (κ2) is 8.76. The lowest BCUT2D eigenvalue weighted by Gasteiger charge is -2.33. The fraction of sp³-hybridized carbons (Fsp3) is 0.667. The summed E-state index contributed by atoms with van der Waals surface area (Å²) in [5.41, 5.74) is 0.458. The summed E-state index contributed by atoms with van der Waals surface area (Å²) in [6, 6.07) is 0. The number of aromatic amines is 1. The average Bonchev–Trinajstić information content (AvgIpc) is 2.54. The van der Waals surface area contributed by atoms with E-state index >= 15 is 0 Å². The molecule has 1 aliphatic rings. The highest BCUT2D eigenvalue weighted by Gasteiger charge is 2.25. The molecular weight excluding hydrogens is 312 g/mol. The molecule has 1 aromatic rings. The van der Waals surface area contributed by atoms with Crippen LogP contribution in [0.15, 0.2) is 4.79 Å². The Morgan fingerprint density at radius 1 is 1.25 bits per heavy atom. The van der Waals surface area contributed by atoms with Gasteiger partial charge in [-0.1, -0.05) is 0 Å². The molecule has 0 atom stereocenters. The van der Waals surface area contributed by atoms with Gasteiger partial charge in [0.15, 0.2) is 0 Å². The fourth-order valence-electron chi connectivity index (χ4n) is 2.62. The Morgan fingerprint density at radius 3 is 2.62 bits per heavy atom. The Morgan fingerprint density at radius 2 is 1.96 bits per heavy atom. The van der Waals surface area contributed by atoms with Gasteiger partial charge in [-0.2, -0.15) is 4.98 Å². The van der Waals surface area contributed by atoms with Crippen LogP contribution in [0.1, 0.15) is 16.1 Å². The number of aromatic nitrogens is 2. The van der Waals surface area contributed by atoms with Gasteiger partial charge in [-0.05, 0) is 14.0 Å². The van der Waals surface area contributed by atoms with E-state index in [1.54, 1.807) is 11.8 Å². The monoisotopic (exact) mass is 338 g/mol. The standard InChI is InChI=1S/C15H26N6O3/c1-11-12(14(23)21-8-6-20(2)7-9-21)13(19-15(24)18-11)17-4-3-16-5-10-22/h16,22H,3-10H2,1-2H3,(H2,17,18,19,24). The number of piperazine rings is 1. The predicted octanol–water partition coefficient (Wildman–Crippen LogP) is -1.54. The average molecular weight is 338 g/mol. The van der Waals surface area contributed by atoms with Crippen LogP contribution >= 0.6 is 0 Å². The summed E-state index contributed by atoms with van der Waals surface area (Å²) in [5.74, 6) is 0.196. The van der Waals surface area contributed by atoms with Crippen LogP contribution in [0.25, 0.3) is 0 Å². The van der Waals surface area contributed by atoms with Crippen molar-refractivity contribution in [1.29, 1.82) is 0 Å². The number of nitrogens with zero attached hydrogens (tertiary/aromatic N) is 3. The maximum atomic E-state index is 12.9. The third-order valence-corrected chi connectivity index (χ3v) is 4.01. The Labute approximate surface area is 141 Å². The molecule has 1 fully saturated rings. The van der Waals surface area contributed by atoms with Gasteiger partial charge in [0.05, 0.1) is 6.61 Å². The van der Waals surface area contributed by atoms with E-state index in [9.17, 15) is 9.59 Å². The second-order valence-electron chi connectivity index (χ2n) is 5.89. The molecule has 24 heavy (non-hydrogen) atoms. The fourth-order valence-corrected chi connectivity index (χ4v) is 2.62. The summed E-state index contributed by atoms with van der Waals surface area (Å²) >= 11 is 0. The van der Waals surface area contributed by atoms with Gasteiger partial charge in [-0.15, -0.1) is 0 Å². The molecule has 0 saturated carbocycles. The number of rotatable bonds is 7. The van der Waals surface area contributed by atoms with E-state index in [-0.39, 0.29) is 12.5 Å². The van der Waals surface area contributed by atoms with Gasteiger partial charge in [0, 0.05) is 51.5 Å². The molecule has 1 aromatic heterocycles. The minimum Gasteiger partial charge on any atom is -0.395 e. The summed E-state index contributed by atoms with van der Waals surface area (Å²) in [5, 5.41) is 14.8. The molecule has 0 spiro atoms. The molecule has 0 aliphatic carbocycles. The Kier molecular flexibility index (Phi) is 6.71. The van der Waals surface area contributed by atoms with Crippen molar-refractivity contribution in [1.82, 2.24) is 25.1 Å². The smallest absolute Gasteiger partial charge is 0.347 e. The Balaban J connectivity index is 2.12. The molecular formula is C15H26N6O3. The van der Waals surface area contributed by atoms with Gasteiger partial charge in [-0.3, -0.25) is 4.79 Å². The SMILES string of the molecule is Cc1[nH]c(=O)nc(NCCNCCO)c1C(=O)N1CCN(C)CC1. The first-order valence-electron chi connectivity index (χ1n) is 8.17. The van der Waals surface area contributed by atoms with E-state index in [0.717, 1.165) is 13.1 Å². The quantitative estimate of drug-likeness (QED) is 0.446. The first kappa shape index (κ1) is 18.4. The zero-order chi connectivity index (χ0) is 17.5. The largest absolute Gasteiger partial charge is 0.395 e. The number of hydrogen-bond acceptors (Lipinski definition) is 7. The highest BCUT2D eigenvalue weighted by molar-refractivity contribution is 5.99. The van der Waals surface area contributed by atoms with Crippen molar-refractivity contribution < 1.29 is 9.90 Å². The van der Waals surface area contributed by atoms with Crippen LogP contribution in [0.2, 0.25) is 0 Å². The second-order valence-corrected chi connectivity index (χ2v) is 5.89. The number of hydrogen-bond donors (Lipinski definition) is 4. The van der Waals surface area contributed by atoms with Gasteiger partial charge < -0.3 is 30.5 Å². The number of carbonyl (C=O) groups excluding carboxylic acids is 1. The highest BCUT2D eigenvalue weighted by Crippen LogP contribution is 2.17. The van der Waals surface area contributed by atoms with Gasteiger partial charge in [0.1, 0.15) is 11.4 Å². The summed E-state index contributed by atoms with van der Waals surface area (Å²) in [6.07, 6.45) is 0. The first-order chi connectivity index (χ1) is 11.5. The van der Waals surface area contributed by atoms with E-state index < -0.39 is 5.69 Å². The maximum Gasteiger partial charge on any atom is 0.347 e. The van der Waals surface area contributed by atoms with E-state index in [1.807, 2.05) is 7.05 Å². The summed E-state index contributed by atoms with van der Waals surface area (Å²) in [6.45, 7) is 6.34. The van der Waals surface area contributed by atoms with Gasteiger partial charge in [-0.25, -0.2) is 4.79 Å². The number of H-pyrrole nitrogens is 1. The van der Waals surface area contributed by atoms with Crippen molar-refractivity contribution in [3.8, 4) is 0 Å². The first-order valence-corrected chi connectivity index (χ1v) is 8.17. The normalized spacial score (nSPS) is 15.5. The number of nitrogens with one attached hydrogen (secondary N) is 3. The lowest BCUT2D eigenvalue weighted by Crippen LogP contribution is -2.47. The van der Waals surface area contributed by atoms with E-state index in [0.29, 0.717) is 49.8 Å². The lowest BCUT2D eigenvalue weighted by atomic mass is 10.1. The van der Waals surface area contributed by atoms with Crippen LogP contribution in [0, 0.1) is 6.92 Å². The van der Waals surface area contributed by atoms with Crippen LogP contribution < -0.4 is 16.3 Å². The van der Waals surface area contributed by atoms with E-state index in [4.69, 9.17) is 5.11 Å². The van der Waals surface area contributed by atoms with Crippen LogP contribution in [0.3, 0.4) is 0 Å². The summed E-state index contributed by atoms with van der Waals surface area (Å²) in [4.78, 5) is 35.0. The van der Waals surface area contributed by atoms with Crippen molar-refractivity contribution in [2.75, 3.05) is 64.8 Å². The molecule has 0 aromatic carbocycles. The van der Waals surface area contributed by atoms with Crippen LogP contribution in [0.4, 0.5) is 5.82 Å². The van der Waals surface area contributed by atoms with Gasteiger partial charge in [0.25, 0.3) is 5.91 Å². The van der Waals surface area contributed by atoms with Crippen LogP contribution in [0.5, 0.6) is 0 Å². The number of aliphatic hydroxyl groups excluding tert-OH is 1. The zero-order valence-electron chi connectivity index (χ0n) is 14.3. The zero-order valence-corrected chi connectivity index (χ0v) is 14.3. The van der Waals surface area contributed by atoms with E-state index in [1.165, 1.54) is 0 Å². The number of likely N-dealkylation sites (N-methyl/N-ethyl adjacent to an activating group) is 1. The number of amides is 1. The lowest BCUT2D eigenvalue weighted by molar-refractivity contribution is 0.0663.